The van der Waals surface area contributed by atoms with Crippen molar-refractivity contribution < 1.29 is 19.1 Å². The number of thiophene rings is 1. The van der Waals surface area contributed by atoms with Crippen LogP contribution in [0.2, 0.25) is 5.02 Å². The number of methoxy groups -OCH3 is 1. The monoisotopic (exact) mass is 415 g/mol. The highest BCUT2D eigenvalue weighted by molar-refractivity contribution is 7.13. The van der Waals surface area contributed by atoms with E-state index < -0.39 is 18.0 Å². The predicted molar refractivity (Wildman–Crippen MR) is 110 cm³/mol. The Balaban J connectivity index is 1.83. The van der Waals surface area contributed by atoms with Gasteiger partial charge in [0.15, 0.2) is 0 Å². The Morgan fingerprint density at radius 2 is 1.82 bits per heavy atom. The molecule has 0 aliphatic heterocycles. The lowest BCUT2D eigenvalue weighted by Gasteiger charge is -2.18. The average Bonchev–Trinajstić information content (AvgIpc) is 3.13. The number of benzene rings is 2. The molecule has 3 rings (SSSR count). The molecule has 7 heteroatoms. The van der Waals surface area contributed by atoms with Gasteiger partial charge < -0.3 is 14.8 Å². The quantitative estimate of drug-likeness (QED) is 0.558. The predicted octanol–water partition coefficient (Wildman–Crippen LogP) is 5.26. The molecule has 1 aromatic heterocycles. The van der Waals surface area contributed by atoms with Crippen LogP contribution in [0.15, 0.2) is 60.7 Å². The molecule has 0 aliphatic rings. The molecule has 1 atom stereocenters. The third-order valence-corrected chi connectivity index (χ3v) is 5.20. The van der Waals surface area contributed by atoms with E-state index in [2.05, 4.69) is 5.32 Å². The fraction of sp³-hybridized carbons (Fsp3) is 0.143. The molecular weight excluding hydrogens is 398 g/mol. The number of amides is 1. The summed E-state index contributed by atoms with van der Waals surface area (Å²) in [6, 6.07) is 17.3. The summed E-state index contributed by atoms with van der Waals surface area (Å²) >= 11 is 7.43. The van der Waals surface area contributed by atoms with Gasteiger partial charge in [-0.3, -0.25) is 4.79 Å². The summed E-state index contributed by atoms with van der Waals surface area (Å²) in [4.78, 5) is 26.8. The molecule has 28 heavy (non-hydrogen) atoms. The number of anilines is 1. The van der Waals surface area contributed by atoms with E-state index in [1.165, 1.54) is 18.4 Å². The summed E-state index contributed by atoms with van der Waals surface area (Å²) in [5.74, 6) is -0.525. The number of carbonyl (C=O) groups is 2. The first-order chi connectivity index (χ1) is 13.5. The van der Waals surface area contributed by atoms with Crippen LogP contribution in [0.3, 0.4) is 0 Å². The Kier molecular flexibility index (Phi) is 6.34. The highest BCUT2D eigenvalue weighted by Gasteiger charge is 2.26. The van der Waals surface area contributed by atoms with Crippen LogP contribution in [0.4, 0.5) is 5.69 Å². The van der Waals surface area contributed by atoms with Crippen LogP contribution in [0.1, 0.15) is 26.2 Å². The fourth-order valence-electron chi connectivity index (χ4n) is 2.56. The van der Waals surface area contributed by atoms with Crippen molar-refractivity contribution in [2.75, 3.05) is 12.4 Å². The van der Waals surface area contributed by atoms with Crippen LogP contribution < -0.4 is 10.1 Å². The second-order valence-corrected chi connectivity index (χ2v) is 7.64. The summed E-state index contributed by atoms with van der Waals surface area (Å²) in [7, 11) is 1.51. The van der Waals surface area contributed by atoms with Gasteiger partial charge in [-0.2, -0.15) is 0 Å². The Labute approximate surface area is 171 Å². The van der Waals surface area contributed by atoms with Gasteiger partial charge in [-0.25, -0.2) is 4.79 Å². The van der Waals surface area contributed by atoms with Gasteiger partial charge in [0.05, 0.1) is 12.1 Å². The third-order valence-electron chi connectivity index (χ3n) is 3.93. The van der Waals surface area contributed by atoms with Gasteiger partial charge in [-0.15, -0.1) is 11.3 Å². The molecule has 0 radical (unpaired) electrons. The number of esters is 1. The molecule has 0 unspecified atom stereocenters. The van der Waals surface area contributed by atoms with Crippen molar-refractivity contribution >= 4 is 40.5 Å². The van der Waals surface area contributed by atoms with E-state index in [0.29, 0.717) is 26.9 Å². The molecule has 0 saturated carbocycles. The number of rotatable bonds is 6. The Morgan fingerprint density at radius 3 is 2.43 bits per heavy atom. The highest BCUT2D eigenvalue weighted by atomic mass is 35.5. The number of hydrogen-bond acceptors (Lipinski definition) is 5. The maximum atomic E-state index is 12.9. The minimum absolute atomic E-state index is 0.364. The summed E-state index contributed by atoms with van der Waals surface area (Å²) in [6.07, 6.45) is -1.10. The summed E-state index contributed by atoms with van der Waals surface area (Å²) in [5.41, 5.74) is 1.04. The largest absolute Gasteiger partial charge is 0.495 e. The second kappa shape index (κ2) is 8.91. The van der Waals surface area contributed by atoms with Crippen molar-refractivity contribution in [1.82, 2.24) is 0 Å². The van der Waals surface area contributed by atoms with Gasteiger partial charge in [0.25, 0.3) is 5.91 Å². The van der Waals surface area contributed by atoms with Crippen LogP contribution in [-0.2, 0) is 9.53 Å². The zero-order valence-electron chi connectivity index (χ0n) is 15.3. The van der Waals surface area contributed by atoms with E-state index in [9.17, 15) is 9.59 Å². The SMILES string of the molecule is COc1ccc(NC(=O)[C@H](OC(=O)c2ccc(C)s2)c2ccccc2)cc1Cl. The number of ether oxygens (including phenoxy) is 2. The summed E-state index contributed by atoms with van der Waals surface area (Å²) < 4.78 is 10.7. The highest BCUT2D eigenvalue weighted by Crippen LogP contribution is 2.29. The number of carbonyl (C=O) groups excluding carboxylic acids is 2. The number of hydrogen-bond donors (Lipinski definition) is 1. The third kappa shape index (κ3) is 4.71. The zero-order chi connectivity index (χ0) is 20.1. The summed E-state index contributed by atoms with van der Waals surface area (Å²) in [5, 5.41) is 3.11. The molecule has 0 spiro atoms. The molecule has 0 bridgehead atoms. The maximum absolute atomic E-state index is 12.9. The number of nitrogens with one attached hydrogen (secondary N) is 1. The Bertz CT molecular complexity index is 987. The molecule has 1 heterocycles. The van der Waals surface area contributed by atoms with Crippen LogP contribution in [0.5, 0.6) is 5.75 Å². The van der Waals surface area contributed by atoms with E-state index in [0.717, 1.165) is 4.88 Å². The van der Waals surface area contributed by atoms with Gasteiger partial charge in [0.1, 0.15) is 10.6 Å². The molecule has 0 saturated heterocycles. The first-order valence-electron chi connectivity index (χ1n) is 8.44. The van der Waals surface area contributed by atoms with Crippen molar-refractivity contribution in [2.45, 2.75) is 13.0 Å². The molecule has 144 valence electrons. The molecule has 3 aromatic rings. The molecule has 1 N–H and O–H groups in total. The molecule has 1 amide bonds. The second-order valence-electron chi connectivity index (χ2n) is 5.94. The fourth-order valence-corrected chi connectivity index (χ4v) is 3.57. The molecule has 0 fully saturated rings. The normalized spacial score (nSPS) is 11.5. The lowest BCUT2D eigenvalue weighted by molar-refractivity contribution is -0.125. The Hall–Kier alpha value is -2.83. The summed E-state index contributed by atoms with van der Waals surface area (Å²) in [6.45, 7) is 1.90. The van der Waals surface area contributed by atoms with Crippen molar-refractivity contribution in [3.8, 4) is 5.75 Å². The van der Waals surface area contributed by atoms with E-state index in [-0.39, 0.29) is 0 Å². The molecule has 2 aromatic carbocycles. The van der Waals surface area contributed by atoms with Crippen molar-refractivity contribution in [1.29, 1.82) is 0 Å². The van der Waals surface area contributed by atoms with Gasteiger partial charge >= 0.3 is 5.97 Å². The van der Waals surface area contributed by atoms with Crippen molar-refractivity contribution in [3.05, 3.63) is 81.0 Å². The Morgan fingerprint density at radius 1 is 1.07 bits per heavy atom. The first-order valence-corrected chi connectivity index (χ1v) is 9.64. The van der Waals surface area contributed by atoms with Crippen LogP contribution in [0.25, 0.3) is 0 Å². The zero-order valence-corrected chi connectivity index (χ0v) is 16.8. The van der Waals surface area contributed by atoms with E-state index in [1.807, 2.05) is 19.1 Å². The van der Waals surface area contributed by atoms with Crippen molar-refractivity contribution in [3.63, 3.8) is 0 Å². The van der Waals surface area contributed by atoms with Gasteiger partial charge in [-0.1, -0.05) is 41.9 Å². The van der Waals surface area contributed by atoms with Gasteiger partial charge in [0.2, 0.25) is 6.10 Å². The minimum Gasteiger partial charge on any atom is -0.495 e. The molecule has 5 nitrogen and oxygen atoms in total. The van der Waals surface area contributed by atoms with Crippen LogP contribution >= 0.6 is 22.9 Å². The van der Waals surface area contributed by atoms with E-state index in [4.69, 9.17) is 21.1 Å². The average molecular weight is 416 g/mol. The standard InChI is InChI=1S/C21H18ClNO4S/c1-13-8-11-18(28-13)21(25)27-19(14-6-4-3-5-7-14)20(24)23-15-9-10-17(26-2)16(22)12-15/h3-12,19H,1-2H3,(H,23,24)/t19-/m1/s1. The smallest absolute Gasteiger partial charge is 0.349 e. The molecule has 0 aliphatic carbocycles. The van der Waals surface area contributed by atoms with Gasteiger partial charge in [0, 0.05) is 16.1 Å². The van der Waals surface area contributed by atoms with Crippen LogP contribution in [-0.4, -0.2) is 19.0 Å². The maximum Gasteiger partial charge on any atom is 0.349 e. The first kappa shape index (κ1) is 19.9. The van der Waals surface area contributed by atoms with Crippen molar-refractivity contribution in [2.24, 2.45) is 0 Å². The molecular formula is C21H18ClNO4S. The number of halogens is 1. The number of aryl methyl sites for hydroxylation is 1. The minimum atomic E-state index is -1.10. The van der Waals surface area contributed by atoms with E-state index in [1.54, 1.807) is 48.5 Å². The van der Waals surface area contributed by atoms with E-state index >= 15 is 0 Å². The topological polar surface area (TPSA) is 64.6 Å². The van der Waals surface area contributed by atoms with Crippen LogP contribution in [0, 0.1) is 6.92 Å². The lowest BCUT2D eigenvalue weighted by Crippen LogP contribution is -2.25. The lowest BCUT2D eigenvalue weighted by atomic mass is 10.1. The van der Waals surface area contributed by atoms with Gasteiger partial charge in [-0.05, 0) is 37.3 Å².